The minimum Gasteiger partial charge on any atom is -0.343 e. The molecule has 1 aliphatic carbocycles. The maximum absolute atomic E-state index is 4.90. The van der Waals surface area contributed by atoms with E-state index in [0.29, 0.717) is 5.95 Å². The van der Waals surface area contributed by atoms with E-state index < -0.39 is 0 Å². The zero-order valence-corrected chi connectivity index (χ0v) is 16.6. The molecule has 9 heteroatoms. The molecule has 1 saturated carbocycles. The Morgan fingerprint density at radius 2 is 1.97 bits per heavy atom. The van der Waals surface area contributed by atoms with Gasteiger partial charge in [-0.3, -0.25) is 4.57 Å². The predicted octanol–water partition coefficient (Wildman–Crippen LogP) is 3.03. The van der Waals surface area contributed by atoms with Crippen molar-refractivity contribution in [2.24, 2.45) is 0 Å². The van der Waals surface area contributed by atoms with E-state index in [1.807, 2.05) is 25.4 Å². The number of hydrogen-bond donors (Lipinski definition) is 1. The minimum absolute atomic E-state index is 0.109. The van der Waals surface area contributed by atoms with Gasteiger partial charge in [-0.1, -0.05) is 19.3 Å². The smallest absolute Gasteiger partial charge is 0.229 e. The second kappa shape index (κ2) is 5.88. The van der Waals surface area contributed by atoms with Crippen molar-refractivity contribution in [3.63, 3.8) is 0 Å². The molecule has 29 heavy (non-hydrogen) atoms. The Balaban J connectivity index is 1.44. The van der Waals surface area contributed by atoms with Gasteiger partial charge in [0.2, 0.25) is 11.9 Å². The SMILES string of the molecule is Cc1cc2ncnn2cc1Nc1ncc2nc3n(c2n1)C1(CCCCC1)CN3C. The van der Waals surface area contributed by atoms with Gasteiger partial charge in [-0.05, 0) is 31.4 Å². The zero-order valence-electron chi connectivity index (χ0n) is 16.6. The molecule has 0 saturated heterocycles. The average Bonchev–Trinajstić information content (AvgIpc) is 3.38. The van der Waals surface area contributed by atoms with Crippen molar-refractivity contribution in [3.8, 4) is 0 Å². The van der Waals surface area contributed by atoms with Crippen molar-refractivity contribution < 1.29 is 0 Å². The Hall–Kier alpha value is -3.23. The summed E-state index contributed by atoms with van der Waals surface area (Å²) < 4.78 is 4.12. The van der Waals surface area contributed by atoms with Crippen molar-refractivity contribution in [2.45, 2.75) is 44.6 Å². The predicted molar refractivity (Wildman–Crippen MR) is 111 cm³/mol. The van der Waals surface area contributed by atoms with Crippen LogP contribution in [0, 0.1) is 6.92 Å². The number of hydrogen-bond acceptors (Lipinski definition) is 7. The van der Waals surface area contributed by atoms with Gasteiger partial charge in [0.25, 0.3) is 0 Å². The van der Waals surface area contributed by atoms with Crippen molar-refractivity contribution in [3.05, 3.63) is 30.4 Å². The number of rotatable bonds is 2. The largest absolute Gasteiger partial charge is 0.343 e. The first-order valence-electron chi connectivity index (χ1n) is 10.2. The van der Waals surface area contributed by atoms with Crippen LogP contribution in [-0.2, 0) is 5.54 Å². The van der Waals surface area contributed by atoms with Gasteiger partial charge in [-0.25, -0.2) is 19.5 Å². The Labute approximate surface area is 167 Å². The van der Waals surface area contributed by atoms with Crippen LogP contribution >= 0.6 is 0 Å². The lowest BCUT2D eigenvalue weighted by Crippen LogP contribution is -2.38. The quantitative estimate of drug-likeness (QED) is 0.564. The summed E-state index contributed by atoms with van der Waals surface area (Å²) in [4.78, 5) is 20.8. The van der Waals surface area contributed by atoms with E-state index in [-0.39, 0.29) is 5.54 Å². The standard InChI is InChI=1S/C20H23N9/c1-13-8-16-22-12-23-28(16)10-15(13)24-18-21-9-14-17(26-18)29-19(25-14)27(2)11-20(29)6-4-3-5-7-20/h8-10,12H,3-7,11H2,1-2H3,(H,21,24,26). The molecule has 1 fully saturated rings. The highest BCUT2D eigenvalue weighted by Crippen LogP contribution is 2.45. The van der Waals surface area contributed by atoms with Crippen LogP contribution in [0.15, 0.2) is 24.8 Å². The molecular weight excluding hydrogens is 366 g/mol. The third kappa shape index (κ3) is 2.43. The Bertz CT molecular complexity index is 1230. The first-order chi connectivity index (χ1) is 14.1. The molecule has 6 rings (SSSR count). The second-order valence-electron chi connectivity index (χ2n) is 8.35. The van der Waals surface area contributed by atoms with Gasteiger partial charge in [0, 0.05) is 13.6 Å². The molecule has 0 amide bonds. The van der Waals surface area contributed by atoms with Crippen molar-refractivity contribution in [1.82, 2.24) is 34.1 Å². The van der Waals surface area contributed by atoms with Gasteiger partial charge < -0.3 is 10.2 Å². The van der Waals surface area contributed by atoms with Crippen LogP contribution in [-0.4, -0.2) is 47.7 Å². The van der Waals surface area contributed by atoms with Crippen LogP contribution < -0.4 is 10.2 Å². The molecule has 2 aliphatic rings. The van der Waals surface area contributed by atoms with Crippen molar-refractivity contribution in [1.29, 1.82) is 0 Å². The first kappa shape index (κ1) is 16.7. The fourth-order valence-electron chi connectivity index (χ4n) is 5.00. The normalized spacial score (nSPS) is 18.1. The number of nitrogens with zero attached hydrogens (tertiary/aromatic N) is 8. The van der Waals surface area contributed by atoms with Gasteiger partial charge >= 0.3 is 0 Å². The fraction of sp³-hybridized carbons (Fsp3) is 0.450. The number of aromatic nitrogens is 7. The third-order valence-corrected chi connectivity index (χ3v) is 6.38. The molecule has 4 aromatic rings. The fourth-order valence-corrected chi connectivity index (χ4v) is 5.00. The molecule has 0 aromatic carbocycles. The molecule has 9 nitrogen and oxygen atoms in total. The summed E-state index contributed by atoms with van der Waals surface area (Å²) in [6.45, 7) is 3.05. The molecule has 0 atom stereocenters. The highest BCUT2D eigenvalue weighted by atomic mass is 15.4. The number of anilines is 3. The molecule has 1 spiro atoms. The second-order valence-corrected chi connectivity index (χ2v) is 8.35. The van der Waals surface area contributed by atoms with Crippen LogP contribution in [0.4, 0.5) is 17.6 Å². The summed E-state index contributed by atoms with van der Waals surface area (Å²) in [7, 11) is 2.13. The first-order valence-corrected chi connectivity index (χ1v) is 10.2. The molecule has 0 unspecified atom stereocenters. The van der Waals surface area contributed by atoms with Gasteiger partial charge in [-0.2, -0.15) is 10.1 Å². The minimum atomic E-state index is 0.109. The topological polar surface area (TPSA) is 89.1 Å². The summed E-state index contributed by atoms with van der Waals surface area (Å²) >= 11 is 0. The van der Waals surface area contributed by atoms with Crippen LogP contribution in [0.3, 0.4) is 0 Å². The lowest BCUT2D eigenvalue weighted by molar-refractivity contribution is 0.230. The number of imidazole rings is 1. The number of likely N-dealkylation sites (N-methyl/N-ethyl adjacent to an activating group) is 1. The van der Waals surface area contributed by atoms with Crippen LogP contribution in [0.1, 0.15) is 37.7 Å². The molecular formula is C20H23N9. The van der Waals surface area contributed by atoms with Crippen molar-refractivity contribution >= 4 is 34.4 Å². The van der Waals surface area contributed by atoms with E-state index in [2.05, 4.69) is 36.9 Å². The summed E-state index contributed by atoms with van der Waals surface area (Å²) in [5.74, 6) is 1.58. The Morgan fingerprint density at radius 3 is 2.83 bits per heavy atom. The van der Waals surface area contributed by atoms with Gasteiger partial charge in [0.05, 0.1) is 23.6 Å². The lowest BCUT2D eigenvalue weighted by atomic mass is 9.82. The van der Waals surface area contributed by atoms with E-state index in [0.717, 1.165) is 40.6 Å². The number of fused-ring (bicyclic) bond motifs is 5. The molecule has 0 radical (unpaired) electrons. The molecule has 1 N–H and O–H groups in total. The third-order valence-electron chi connectivity index (χ3n) is 6.38. The monoisotopic (exact) mass is 389 g/mol. The molecule has 5 heterocycles. The molecule has 0 bridgehead atoms. The zero-order chi connectivity index (χ0) is 19.6. The van der Waals surface area contributed by atoms with E-state index in [9.17, 15) is 0 Å². The number of pyridine rings is 1. The van der Waals surface area contributed by atoms with E-state index >= 15 is 0 Å². The van der Waals surface area contributed by atoms with E-state index in [1.54, 1.807) is 10.8 Å². The molecule has 1 aliphatic heterocycles. The van der Waals surface area contributed by atoms with Crippen LogP contribution in [0.2, 0.25) is 0 Å². The summed E-state index contributed by atoms with van der Waals surface area (Å²) in [5.41, 5.74) is 4.68. The lowest BCUT2D eigenvalue weighted by Gasteiger charge is -2.34. The van der Waals surface area contributed by atoms with Crippen LogP contribution in [0.5, 0.6) is 0 Å². The van der Waals surface area contributed by atoms with Gasteiger partial charge in [0.1, 0.15) is 11.8 Å². The highest BCUT2D eigenvalue weighted by molar-refractivity contribution is 5.77. The van der Waals surface area contributed by atoms with E-state index in [4.69, 9.17) is 9.97 Å². The van der Waals surface area contributed by atoms with E-state index in [1.165, 1.54) is 32.1 Å². The molecule has 4 aromatic heterocycles. The maximum atomic E-state index is 4.90. The summed E-state index contributed by atoms with van der Waals surface area (Å²) in [6.07, 6.45) is 11.5. The summed E-state index contributed by atoms with van der Waals surface area (Å²) in [5, 5.41) is 7.59. The Morgan fingerprint density at radius 1 is 1.10 bits per heavy atom. The summed E-state index contributed by atoms with van der Waals surface area (Å²) in [6, 6.07) is 2.00. The highest BCUT2D eigenvalue weighted by Gasteiger charge is 2.44. The average molecular weight is 389 g/mol. The Kier molecular flexibility index (Phi) is 3.39. The van der Waals surface area contributed by atoms with Gasteiger partial charge in [0.15, 0.2) is 11.3 Å². The molecule has 148 valence electrons. The van der Waals surface area contributed by atoms with Crippen LogP contribution in [0.25, 0.3) is 16.8 Å². The van der Waals surface area contributed by atoms with Crippen molar-refractivity contribution in [2.75, 3.05) is 23.8 Å². The van der Waals surface area contributed by atoms with Gasteiger partial charge in [-0.15, -0.1) is 0 Å². The maximum Gasteiger partial charge on any atom is 0.229 e. The number of aryl methyl sites for hydroxylation is 1. The number of nitrogens with one attached hydrogen (secondary N) is 1.